The summed E-state index contributed by atoms with van der Waals surface area (Å²) in [6.07, 6.45) is 1.89. The third-order valence-corrected chi connectivity index (χ3v) is 3.91. The fourth-order valence-electron chi connectivity index (χ4n) is 2.68. The zero-order valence-electron chi connectivity index (χ0n) is 15.3. The van der Waals surface area contributed by atoms with Crippen molar-refractivity contribution in [1.29, 1.82) is 0 Å². The molecule has 1 aromatic carbocycles. The van der Waals surface area contributed by atoms with Gasteiger partial charge in [-0.05, 0) is 62.2 Å². The lowest BCUT2D eigenvalue weighted by Crippen LogP contribution is -2.22. The third kappa shape index (κ3) is 4.53. The number of carbonyl (C=O) groups is 1. The zero-order valence-corrected chi connectivity index (χ0v) is 15.3. The second-order valence-electron chi connectivity index (χ2n) is 6.22. The summed E-state index contributed by atoms with van der Waals surface area (Å²) in [4.78, 5) is 12.2. The molecule has 3 rings (SSSR count). The van der Waals surface area contributed by atoms with Crippen LogP contribution < -0.4 is 10.1 Å². The van der Waals surface area contributed by atoms with Gasteiger partial charge in [-0.25, -0.2) is 0 Å². The van der Waals surface area contributed by atoms with Crippen LogP contribution in [-0.4, -0.2) is 15.7 Å². The first kappa shape index (κ1) is 17.8. The van der Waals surface area contributed by atoms with E-state index < -0.39 is 0 Å². The van der Waals surface area contributed by atoms with Gasteiger partial charge >= 0.3 is 0 Å². The Labute approximate surface area is 152 Å². The van der Waals surface area contributed by atoms with Gasteiger partial charge in [-0.2, -0.15) is 5.10 Å². The molecule has 1 N–H and O–H groups in total. The number of aromatic nitrogens is 2. The van der Waals surface area contributed by atoms with Crippen molar-refractivity contribution in [2.75, 3.05) is 0 Å². The van der Waals surface area contributed by atoms with Gasteiger partial charge in [0.2, 0.25) is 0 Å². The maximum atomic E-state index is 12.2. The Morgan fingerprint density at radius 3 is 2.65 bits per heavy atom. The summed E-state index contributed by atoms with van der Waals surface area (Å²) < 4.78 is 13.1. The van der Waals surface area contributed by atoms with Crippen LogP contribution in [0.15, 0.2) is 47.0 Å². The van der Waals surface area contributed by atoms with Crippen molar-refractivity contribution in [3.05, 3.63) is 70.9 Å². The van der Waals surface area contributed by atoms with E-state index in [2.05, 4.69) is 16.5 Å². The highest BCUT2D eigenvalue weighted by molar-refractivity contribution is 5.91. The third-order valence-electron chi connectivity index (χ3n) is 3.91. The Morgan fingerprint density at radius 2 is 1.96 bits per heavy atom. The minimum Gasteiger partial charge on any atom is -0.486 e. The number of amides is 1. The van der Waals surface area contributed by atoms with E-state index in [0.29, 0.717) is 12.3 Å². The Hall–Kier alpha value is -3.02. The molecule has 0 atom stereocenters. The second kappa shape index (κ2) is 7.91. The average molecular weight is 353 g/mol. The Kier molecular flexibility index (Phi) is 5.41. The van der Waals surface area contributed by atoms with Crippen LogP contribution in [0.5, 0.6) is 5.75 Å². The number of ether oxygens (including phenoxy) is 1. The first-order chi connectivity index (χ1) is 12.5. The van der Waals surface area contributed by atoms with Crippen LogP contribution in [0.3, 0.4) is 0 Å². The van der Waals surface area contributed by atoms with Crippen molar-refractivity contribution in [3.8, 4) is 5.75 Å². The van der Waals surface area contributed by atoms with E-state index >= 15 is 0 Å². The number of aryl methyl sites for hydroxylation is 3. The van der Waals surface area contributed by atoms with Gasteiger partial charge < -0.3 is 14.5 Å². The van der Waals surface area contributed by atoms with Crippen LogP contribution in [0.25, 0.3) is 0 Å². The molecule has 0 fully saturated rings. The Bertz CT molecular complexity index is 875. The fourth-order valence-corrected chi connectivity index (χ4v) is 2.68. The van der Waals surface area contributed by atoms with E-state index in [-0.39, 0.29) is 18.3 Å². The number of hydrogen-bond donors (Lipinski definition) is 1. The molecule has 0 aliphatic rings. The first-order valence-electron chi connectivity index (χ1n) is 8.64. The normalized spacial score (nSPS) is 10.7. The summed E-state index contributed by atoms with van der Waals surface area (Å²) in [6, 6.07) is 11.3. The number of benzene rings is 1. The zero-order chi connectivity index (χ0) is 18.5. The molecule has 6 nitrogen and oxygen atoms in total. The van der Waals surface area contributed by atoms with Gasteiger partial charge in [-0.15, -0.1) is 0 Å². The maximum absolute atomic E-state index is 12.2. The Balaban J connectivity index is 1.54. The highest BCUT2D eigenvalue weighted by Crippen LogP contribution is 2.18. The summed E-state index contributed by atoms with van der Waals surface area (Å²) in [7, 11) is 0. The van der Waals surface area contributed by atoms with Crippen LogP contribution in [0.2, 0.25) is 0 Å². The molecule has 1 amide bonds. The number of rotatable bonds is 7. The molecule has 0 spiro atoms. The van der Waals surface area contributed by atoms with Crippen LogP contribution in [0.4, 0.5) is 0 Å². The van der Waals surface area contributed by atoms with Crippen molar-refractivity contribution >= 4 is 5.91 Å². The molecule has 2 aromatic heterocycles. The smallest absolute Gasteiger partial charge is 0.287 e. The van der Waals surface area contributed by atoms with Gasteiger partial charge in [-0.3, -0.25) is 9.48 Å². The molecular formula is C20H23N3O3. The highest BCUT2D eigenvalue weighted by atomic mass is 16.5. The van der Waals surface area contributed by atoms with Gasteiger partial charge in [0.05, 0.1) is 12.2 Å². The monoisotopic (exact) mass is 353 g/mol. The molecule has 3 aromatic rings. The molecule has 0 saturated carbocycles. The van der Waals surface area contributed by atoms with Crippen LogP contribution in [0, 0.1) is 13.8 Å². The lowest BCUT2D eigenvalue weighted by Gasteiger charge is -2.06. The molecule has 0 aliphatic carbocycles. The lowest BCUT2D eigenvalue weighted by atomic mass is 10.1. The van der Waals surface area contributed by atoms with Gasteiger partial charge in [0, 0.05) is 12.7 Å². The lowest BCUT2D eigenvalue weighted by molar-refractivity contribution is 0.0918. The van der Waals surface area contributed by atoms with Crippen molar-refractivity contribution in [1.82, 2.24) is 15.1 Å². The van der Waals surface area contributed by atoms with Crippen molar-refractivity contribution in [2.45, 2.75) is 40.5 Å². The van der Waals surface area contributed by atoms with Gasteiger partial charge in [0.25, 0.3) is 5.91 Å². The molecule has 0 aliphatic heterocycles. The molecule has 0 unspecified atom stereocenters. The first-order valence-corrected chi connectivity index (χ1v) is 8.64. The molecular weight excluding hydrogens is 330 g/mol. The molecule has 0 bridgehead atoms. The number of nitrogens with one attached hydrogen (secondary N) is 1. The summed E-state index contributed by atoms with van der Waals surface area (Å²) in [5.41, 5.74) is 3.10. The van der Waals surface area contributed by atoms with Crippen molar-refractivity contribution < 1.29 is 13.9 Å². The van der Waals surface area contributed by atoms with E-state index in [1.807, 2.05) is 49.8 Å². The molecule has 136 valence electrons. The SMILES string of the molecule is CCn1ccc(CNC(=O)c2ccc(COc3cc(C)cc(C)c3)o2)n1. The minimum absolute atomic E-state index is 0.263. The largest absolute Gasteiger partial charge is 0.486 e. The predicted octanol–water partition coefficient (Wildman–Crippen LogP) is 3.62. The van der Waals surface area contributed by atoms with Gasteiger partial charge in [0.15, 0.2) is 5.76 Å². The maximum Gasteiger partial charge on any atom is 0.287 e. The molecule has 0 radical (unpaired) electrons. The van der Waals surface area contributed by atoms with Crippen LogP contribution in [-0.2, 0) is 19.7 Å². The van der Waals surface area contributed by atoms with Crippen LogP contribution >= 0.6 is 0 Å². The standard InChI is InChI=1S/C20H23N3O3/c1-4-23-8-7-16(22-23)12-21-20(24)19-6-5-17(26-19)13-25-18-10-14(2)9-15(3)11-18/h5-11H,4,12-13H2,1-3H3,(H,21,24). The summed E-state index contributed by atoms with van der Waals surface area (Å²) in [5, 5.41) is 7.13. The van der Waals surface area contributed by atoms with E-state index in [1.54, 1.807) is 12.1 Å². The van der Waals surface area contributed by atoms with Gasteiger partial charge in [-0.1, -0.05) is 6.07 Å². The fraction of sp³-hybridized carbons (Fsp3) is 0.300. The molecule has 0 saturated heterocycles. The summed E-state index contributed by atoms with van der Waals surface area (Å²) in [5.74, 6) is 1.38. The number of furan rings is 1. The second-order valence-corrected chi connectivity index (χ2v) is 6.22. The van der Waals surface area contributed by atoms with E-state index in [9.17, 15) is 4.79 Å². The summed E-state index contributed by atoms with van der Waals surface area (Å²) in [6.45, 7) is 7.51. The van der Waals surface area contributed by atoms with E-state index in [0.717, 1.165) is 29.1 Å². The molecule has 26 heavy (non-hydrogen) atoms. The Morgan fingerprint density at radius 1 is 1.19 bits per heavy atom. The van der Waals surface area contributed by atoms with E-state index in [1.165, 1.54) is 0 Å². The minimum atomic E-state index is -0.270. The topological polar surface area (TPSA) is 69.3 Å². The number of hydrogen-bond acceptors (Lipinski definition) is 4. The van der Waals surface area contributed by atoms with Gasteiger partial charge in [0.1, 0.15) is 18.1 Å². The van der Waals surface area contributed by atoms with E-state index in [4.69, 9.17) is 9.15 Å². The number of nitrogens with zero attached hydrogens (tertiary/aromatic N) is 2. The van der Waals surface area contributed by atoms with Crippen molar-refractivity contribution in [2.24, 2.45) is 0 Å². The quantitative estimate of drug-likeness (QED) is 0.704. The summed E-state index contributed by atoms with van der Waals surface area (Å²) >= 11 is 0. The molecule has 6 heteroatoms. The van der Waals surface area contributed by atoms with Crippen LogP contribution in [0.1, 0.15) is 40.1 Å². The predicted molar refractivity (Wildman–Crippen MR) is 98.0 cm³/mol. The highest BCUT2D eigenvalue weighted by Gasteiger charge is 2.12. The van der Waals surface area contributed by atoms with Crippen molar-refractivity contribution in [3.63, 3.8) is 0 Å². The molecule has 2 heterocycles. The average Bonchev–Trinajstić information content (AvgIpc) is 3.26. The number of carbonyl (C=O) groups excluding carboxylic acids is 1.